The highest BCUT2D eigenvalue weighted by molar-refractivity contribution is 5.65. The average molecular weight is 280 g/mol. The molecule has 20 heavy (non-hydrogen) atoms. The Morgan fingerprint density at radius 1 is 1.55 bits per heavy atom. The lowest BCUT2D eigenvalue weighted by atomic mass is 10.1. The van der Waals surface area contributed by atoms with Gasteiger partial charge in [0.1, 0.15) is 0 Å². The van der Waals surface area contributed by atoms with Gasteiger partial charge >= 0.3 is 11.9 Å². The van der Waals surface area contributed by atoms with E-state index in [1.165, 1.54) is 17.2 Å². The third-order valence-corrected chi connectivity index (χ3v) is 3.48. The molecule has 2 rings (SSSR count). The van der Waals surface area contributed by atoms with Gasteiger partial charge in [0.25, 0.3) is 0 Å². The lowest BCUT2D eigenvalue weighted by molar-refractivity contribution is -0.389. The van der Waals surface area contributed by atoms with Gasteiger partial charge < -0.3 is 25.0 Å². The number of nitrogens with zero attached hydrogens (tertiary/aromatic N) is 4. The van der Waals surface area contributed by atoms with Crippen LogP contribution < -0.4 is 4.90 Å². The maximum absolute atomic E-state index is 11.0. The highest BCUT2D eigenvalue weighted by Gasteiger charge is 2.29. The third-order valence-electron chi connectivity index (χ3n) is 3.48. The quantitative estimate of drug-likeness (QED) is 0.666. The fourth-order valence-electron chi connectivity index (χ4n) is 2.37. The van der Waals surface area contributed by atoms with Crippen molar-refractivity contribution in [1.82, 2.24) is 9.88 Å². The van der Waals surface area contributed by atoms with Gasteiger partial charge in [-0.15, -0.1) is 0 Å². The number of piperazine rings is 1. The van der Waals surface area contributed by atoms with Gasteiger partial charge in [0.05, 0.1) is 5.69 Å². The van der Waals surface area contributed by atoms with Gasteiger partial charge in [0.2, 0.25) is 0 Å². The molecule has 2 heterocycles. The number of rotatable bonds is 3. The molecule has 1 aromatic rings. The molecule has 8 heteroatoms. The molecule has 0 aromatic carbocycles. The summed E-state index contributed by atoms with van der Waals surface area (Å²) in [4.78, 5) is 28.3. The number of hydrogen-bond donors (Lipinski definition) is 1. The highest BCUT2D eigenvalue weighted by atomic mass is 16.6. The minimum atomic E-state index is -0.912. The lowest BCUT2D eigenvalue weighted by Gasteiger charge is -2.40. The van der Waals surface area contributed by atoms with Gasteiger partial charge in [-0.05, 0) is 22.4 Å². The van der Waals surface area contributed by atoms with E-state index in [0.29, 0.717) is 19.6 Å². The molecule has 1 aromatic heterocycles. The van der Waals surface area contributed by atoms with Crippen molar-refractivity contribution in [2.45, 2.75) is 19.4 Å². The zero-order chi connectivity index (χ0) is 14.7. The predicted molar refractivity (Wildman–Crippen MR) is 71.9 cm³/mol. The number of nitro groups is 1. The topological polar surface area (TPSA) is 99.8 Å². The van der Waals surface area contributed by atoms with Crippen LogP contribution in [0.5, 0.6) is 0 Å². The predicted octanol–water partition coefficient (Wildman–Crippen LogP) is 1.57. The normalized spacial score (nSPS) is 18.9. The maximum atomic E-state index is 11.0. The van der Waals surface area contributed by atoms with Crippen molar-refractivity contribution < 1.29 is 14.8 Å². The van der Waals surface area contributed by atoms with Crippen molar-refractivity contribution in [3.63, 3.8) is 0 Å². The number of anilines is 1. The van der Waals surface area contributed by atoms with Gasteiger partial charge in [0, 0.05) is 31.7 Å². The number of hydrogen-bond acceptors (Lipinski definition) is 5. The van der Waals surface area contributed by atoms with Crippen LogP contribution in [-0.2, 0) is 0 Å². The number of carboxylic acid groups (broad SMARTS) is 1. The van der Waals surface area contributed by atoms with E-state index in [9.17, 15) is 14.9 Å². The first-order chi connectivity index (χ1) is 9.52. The Morgan fingerprint density at radius 2 is 2.30 bits per heavy atom. The summed E-state index contributed by atoms with van der Waals surface area (Å²) < 4.78 is 0. The fraction of sp³-hybridized carbons (Fsp3) is 0.500. The summed E-state index contributed by atoms with van der Waals surface area (Å²) in [7, 11) is 0. The molecule has 1 aliphatic heterocycles. The summed E-state index contributed by atoms with van der Waals surface area (Å²) in [5.41, 5.74) is 0.785. The molecule has 1 amide bonds. The van der Waals surface area contributed by atoms with E-state index in [1.54, 1.807) is 6.07 Å². The largest absolute Gasteiger partial charge is 0.465 e. The summed E-state index contributed by atoms with van der Waals surface area (Å²) in [5.74, 6) is -0.189. The number of carbonyl (C=O) groups is 1. The van der Waals surface area contributed by atoms with Crippen LogP contribution in [0.3, 0.4) is 0 Å². The molecule has 1 N–H and O–H groups in total. The van der Waals surface area contributed by atoms with E-state index in [4.69, 9.17) is 5.11 Å². The Kier molecular flexibility index (Phi) is 4.02. The summed E-state index contributed by atoms with van der Waals surface area (Å²) in [6.45, 7) is 3.40. The Morgan fingerprint density at radius 3 is 2.80 bits per heavy atom. The van der Waals surface area contributed by atoms with E-state index >= 15 is 0 Å². The van der Waals surface area contributed by atoms with Crippen molar-refractivity contribution in [1.29, 1.82) is 0 Å². The minimum absolute atomic E-state index is 0.0584. The standard InChI is InChI=1S/C12H16N4O4/c1-2-9-8-14(12(17)18)5-6-15(9)10-3-4-11(13-7-10)16(19)20/h3-4,7,9H,2,5-6,8H2,1H3,(H,17,18). The van der Waals surface area contributed by atoms with Crippen LogP contribution in [0.2, 0.25) is 0 Å². The van der Waals surface area contributed by atoms with Gasteiger partial charge in [-0.1, -0.05) is 6.92 Å². The number of aromatic nitrogens is 1. The summed E-state index contributed by atoms with van der Waals surface area (Å²) in [6, 6.07) is 3.08. The number of pyridine rings is 1. The van der Waals surface area contributed by atoms with Crippen LogP contribution in [0.4, 0.5) is 16.3 Å². The van der Waals surface area contributed by atoms with Crippen LogP contribution in [-0.4, -0.2) is 51.7 Å². The second-order valence-corrected chi connectivity index (χ2v) is 4.62. The van der Waals surface area contributed by atoms with Crippen molar-refractivity contribution >= 4 is 17.6 Å². The van der Waals surface area contributed by atoms with Gasteiger partial charge in [0.15, 0.2) is 6.20 Å². The Balaban J connectivity index is 2.15. The smallest absolute Gasteiger partial charge is 0.407 e. The van der Waals surface area contributed by atoms with E-state index < -0.39 is 11.0 Å². The molecular weight excluding hydrogens is 264 g/mol. The molecule has 108 valence electrons. The van der Waals surface area contributed by atoms with E-state index in [2.05, 4.69) is 9.88 Å². The van der Waals surface area contributed by atoms with E-state index in [0.717, 1.165) is 12.1 Å². The van der Waals surface area contributed by atoms with Crippen LogP contribution in [0.1, 0.15) is 13.3 Å². The first-order valence-corrected chi connectivity index (χ1v) is 6.38. The Hall–Kier alpha value is -2.38. The maximum Gasteiger partial charge on any atom is 0.407 e. The SMILES string of the molecule is CCC1CN(C(=O)O)CCN1c1ccc([N+](=O)[O-])nc1. The van der Waals surface area contributed by atoms with E-state index in [1.807, 2.05) is 6.92 Å². The Labute approximate surface area is 115 Å². The zero-order valence-corrected chi connectivity index (χ0v) is 11.1. The van der Waals surface area contributed by atoms with Crippen LogP contribution in [0, 0.1) is 10.1 Å². The Bertz CT molecular complexity index is 505. The molecule has 1 saturated heterocycles. The van der Waals surface area contributed by atoms with Crippen LogP contribution >= 0.6 is 0 Å². The molecule has 1 fully saturated rings. The summed E-state index contributed by atoms with van der Waals surface area (Å²) >= 11 is 0. The fourth-order valence-corrected chi connectivity index (χ4v) is 2.37. The van der Waals surface area contributed by atoms with Gasteiger partial charge in [-0.3, -0.25) is 0 Å². The monoisotopic (exact) mass is 280 g/mol. The highest BCUT2D eigenvalue weighted by Crippen LogP contribution is 2.23. The average Bonchev–Trinajstić information content (AvgIpc) is 2.46. The van der Waals surface area contributed by atoms with Gasteiger partial charge in [-0.25, -0.2) is 4.79 Å². The first-order valence-electron chi connectivity index (χ1n) is 6.38. The molecule has 1 unspecified atom stereocenters. The van der Waals surface area contributed by atoms with Crippen molar-refractivity contribution in [3.05, 3.63) is 28.4 Å². The van der Waals surface area contributed by atoms with Crippen molar-refractivity contribution in [2.24, 2.45) is 0 Å². The second kappa shape index (κ2) is 5.72. The molecule has 0 saturated carbocycles. The summed E-state index contributed by atoms with van der Waals surface area (Å²) in [5, 5.41) is 19.6. The molecule has 8 nitrogen and oxygen atoms in total. The molecule has 0 radical (unpaired) electrons. The molecule has 1 aliphatic rings. The molecular formula is C12H16N4O4. The zero-order valence-electron chi connectivity index (χ0n) is 11.1. The minimum Gasteiger partial charge on any atom is -0.465 e. The van der Waals surface area contributed by atoms with Gasteiger partial charge in [-0.2, -0.15) is 0 Å². The van der Waals surface area contributed by atoms with E-state index in [-0.39, 0.29) is 11.9 Å². The summed E-state index contributed by atoms with van der Waals surface area (Å²) in [6.07, 6.45) is 1.35. The second-order valence-electron chi connectivity index (χ2n) is 4.62. The van der Waals surface area contributed by atoms with Crippen molar-refractivity contribution in [3.8, 4) is 0 Å². The lowest BCUT2D eigenvalue weighted by Crippen LogP contribution is -2.54. The molecule has 1 atom stereocenters. The van der Waals surface area contributed by atoms with Crippen LogP contribution in [0.15, 0.2) is 18.3 Å². The van der Waals surface area contributed by atoms with Crippen molar-refractivity contribution in [2.75, 3.05) is 24.5 Å². The third kappa shape index (κ3) is 2.79. The first kappa shape index (κ1) is 14.0. The molecule has 0 aliphatic carbocycles. The molecule has 0 spiro atoms. The van der Waals surface area contributed by atoms with Crippen LogP contribution in [0.25, 0.3) is 0 Å². The number of amides is 1. The molecule has 0 bridgehead atoms.